The Morgan fingerprint density at radius 3 is 2.56 bits per heavy atom. The second-order valence-electron chi connectivity index (χ2n) is 3.48. The van der Waals surface area contributed by atoms with Crippen LogP contribution in [0.5, 0.6) is 5.75 Å². The average molecular weight is 239 g/mol. The van der Waals surface area contributed by atoms with Crippen LogP contribution in [0.1, 0.15) is 6.92 Å². The minimum absolute atomic E-state index is 0.230. The van der Waals surface area contributed by atoms with Crippen molar-refractivity contribution in [1.29, 1.82) is 0 Å². The quantitative estimate of drug-likeness (QED) is 0.371. The first-order valence-corrected chi connectivity index (χ1v) is 5.41. The van der Waals surface area contributed by atoms with Crippen LogP contribution >= 0.6 is 11.6 Å². The fraction of sp³-hybridized carbons (Fsp3) is 0.250. The first-order valence-electron chi connectivity index (χ1n) is 4.88. The molecule has 3 nitrogen and oxygen atoms in total. The second kappa shape index (κ2) is 6.18. The van der Waals surface area contributed by atoms with Crippen molar-refractivity contribution in [2.24, 2.45) is 10.7 Å². The smallest absolute Gasteiger partial charge is 0.119 e. The number of amidine groups is 1. The standard InChI is InChI=1S/C12H15ClN2O/c1-9(2)8-16-11-5-3-10(4-6-11)15-12(14)7-13/h3-6H,1,7-8H2,2H3,(H2,14,15). The van der Waals surface area contributed by atoms with Gasteiger partial charge >= 0.3 is 0 Å². The Kier molecular flexibility index (Phi) is 4.86. The molecule has 1 aromatic carbocycles. The number of benzene rings is 1. The Morgan fingerprint density at radius 1 is 1.44 bits per heavy atom. The Morgan fingerprint density at radius 2 is 2.06 bits per heavy atom. The summed E-state index contributed by atoms with van der Waals surface area (Å²) in [7, 11) is 0. The van der Waals surface area contributed by atoms with Gasteiger partial charge in [0.1, 0.15) is 18.2 Å². The van der Waals surface area contributed by atoms with Gasteiger partial charge in [-0.3, -0.25) is 0 Å². The second-order valence-corrected chi connectivity index (χ2v) is 3.74. The van der Waals surface area contributed by atoms with Gasteiger partial charge in [-0.05, 0) is 36.8 Å². The van der Waals surface area contributed by atoms with E-state index >= 15 is 0 Å². The van der Waals surface area contributed by atoms with E-state index in [9.17, 15) is 0 Å². The molecule has 0 aromatic heterocycles. The highest BCUT2D eigenvalue weighted by molar-refractivity contribution is 6.28. The molecule has 0 radical (unpaired) electrons. The lowest BCUT2D eigenvalue weighted by atomic mass is 10.3. The zero-order valence-electron chi connectivity index (χ0n) is 9.24. The molecule has 1 rings (SSSR count). The molecule has 0 saturated carbocycles. The van der Waals surface area contributed by atoms with Gasteiger partial charge in [0.2, 0.25) is 0 Å². The molecule has 0 aliphatic heterocycles. The Hall–Kier alpha value is -1.48. The molecular weight excluding hydrogens is 224 g/mol. The highest BCUT2D eigenvalue weighted by Crippen LogP contribution is 2.18. The number of aliphatic imine (C=N–C) groups is 1. The molecule has 0 fully saturated rings. The maximum absolute atomic E-state index is 5.53. The van der Waals surface area contributed by atoms with E-state index in [1.807, 2.05) is 31.2 Å². The maximum Gasteiger partial charge on any atom is 0.119 e. The molecule has 0 amide bonds. The number of nitrogens with two attached hydrogens (primary N) is 1. The van der Waals surface area contributed by atoms with Gasteiger partial charge in [-0.25, -0.2) is 4.99 Å². The highest BCUT2D eigenvalue weighted by atomic mass is 35.5. The molecule has 0 aliphatic rings. The van der Waals surface area contributed by atoms with Crippen molar-refractivity contribution in [3.05, 3.63) is 36.4 Å². The van der Waals surface area contributed by atoms with E-state index in [1.54, 1.807) is 0 Å². The van der Waals surface area contributed by atoms with E-state index < -0.39 is 0 Å². The van der Waals surface area contributed by atoms with Crippen molar-refractivity contribution in [2.45, 2.75) is 6.92 Å². The molecule has 1 aromatic rings. The summed E-state index contributed by atoms with van der Waals surface area (Å²) in [5.74, 6) is 1.41. The lowest BCUT2D eigenvalue weighted by molar-refractivity contribution is 0.353. The summed E-state index contributed by atoms with van der Waals surface area (Å²) in [6.07, 6.45) is 0. The van der Waals surface area contributed by atoms with Crippen molar-refractivity contribution in [2.75, 3.05) is 12.5 Å². The van der Waals surface area contributed by atoms with Crippen molar-refractivity contribution >= 4 is 23.1 Å². The van der Waals surface area contributed by atoms with E-state index in [0.717, 1.165) is 17.0 Å². The van der Waals surface area contributed by atoms with E-state index in [2.05, 4.69) is 11.6 Å². The zero-order valence-corrected chi connectivity index (χ0v) is 10.00. The van der Waals surface area contributed by atoms with Crippen molar-refractivity contribution in [1.82, 2.24) is 0 Å². The predicted molar refractivity (Wildman–Crippen MR) is 68.8 cm³/mol. The van der Waals surface area contributed by atoms with Gasteiger partial charge in [0.15, 0.2) is 0 Å². The monoisotopic (exact) mass is 238 g/mol. The minimum atomic E-state index is 0.230. The normalized spacial score (nSPS) is 11.2. The molecule has 16 heavy (non-hydrogen) atoms. The van der Waals surface area contributed by atoms with Crippen LogP contribution < -0.4 is 10.5 Å². The molecule has 0 heterocycles. The van der Waals surface area contributed by atoms with Gasteiger partial charge in [0.05, 0.1) is 11.6 Å². The molecular formula is C12H15ClN2O. The van der Waals surface area contributed by atoms with Crippen LogP contribution in [0.15, 0.2) is 41.4 Å². The Balaban J connectivity index is 2.64. The molecule has 0 saturated heterocycles. The Labute approximate surface area is 101 Å². The van der Waals surface area contributed by atoms with Crippen LogP contribution in [-0.2, 0) is 0 Å². The fourth-order valence-electron chi connectivity index (χ4n) is 1.02. The molecule has 2 N–H and O–H groups in total. The molecule has 0 aliphatic carbocycles. The van der Waals surface area contributed by atoms with Crippen LogP contribution in [-0.4, -0.2) is 18.3 Å². The number of hydrogen-bond acceptors (Lipinski definition) is 2. The average Bonchev–Trinajstić information content (AvgIpc) is 2.28. The highest BCUT2D eigenvalue weighted by Gasteiger charge is 1.95. The third kappa shape index (κ3) is 4.36. The first kappa shape index (κ1) is 12.6. The number of alkyl halides is 1. The summed E-state index contributed by atoms with van der Waals surface area (Å²) in [4.78, 5) is 4.10. The molecule has 0 spiro atoms. The molecule has 86 valence electrons. The van der Waals surface area contributed by atoms with E-state index in [0.29, 0.717) is 12.4 Å². The third-order valence-electron chi connectivity index (χ3n) is 1.73. The largest absolute Gasteiger partial charge is 0.489 e. The van der Waals surface area contributed by atoms with Crippen LogP contribution in [0.25, 0.3) is 0 Å². The Bertz CT molecular complexity index is 385. The molecule has 0 atom stereocenters. The topological polar surface area (TPSA) is 47.6 Å². The number of rotatable bonds is 5. The summed E-state index contributed by atoms with van der Waals surface area (Å²) in [6.45, 7) is 6.20. The summed E-state index contributed by atoms with van der Waals surface area (Å²) in [6, 6.07) is 7.33. The predicted octanol–water partition coefficient (Wildman–Crippen LogP) is 2.87. The van der Waals surface area contributed by atoms with Gasteiger partial charge < -0.3 is 10.5 Å². The molecule has 4 heteroatoms. The first-order chi connectivity index (χ1) is 7.61. The lowest BCUT2D eigenvalue weighted by Crippen LogP contribution is -2.12. The van der Waals surface area contributed by atoms with Gasteiger partial charge in [0, 0.05) is 0 Å². The van der Waals surface area contributed by atoms with E-state index in [-0.39, 0.29) is 5.88 Å². The van der Waals surface area contributed by atoms with Crippen LogP contribution in [0.2, 0.25) is 0 Å². The number of hydrogen-bond donors (Lipinski definition) is 1. The third-order valence-corrected chi connectivity index (χ3v) is 2.01. The summed E-state index contributed by atoms with van der Waals surface area (Å²) in [5, 5.41) is 0. The SMILES string of the molecule is C=C(C)COc1ccc(N=C(N)CCl)cc1. The molecule has 0 unspecified atom stereocenters. The summed E-state index contributed by atoms with van der Waals surface area (Å²) >= 11 is 5.53. The van der Waals surface area contributed by atoms with E-state index in [4.69, 9.17) is 22.1 Å². The number of nitrogens with zero attached hydrogens (tertiary/aromatic N) is 1. The number of ether oxygens (including phenoxy) is 1. The van der Waals surface area contributed by atoms with Gasteiger partial charge in [0.25, 0.3) is 0 Å². The van der Waals surface area contributed by atoms with Gasteiger partial charge in [-0.2, -0.15) is 0 Å². The summed E-state index contributed by atoms with van der Waals surface area (Å²) < 4.78 is 5.45. The minimum Gasteiger partial charge on any atom is -0.489 e. The lowest BCUT2D eigenvalue weighted by Gasteiger charge is -2.05. The van der Waals surface area contributed by atoms with Gasteiger partial charge in [-0.15, -0.1) is 11.6 Å². The summed E-state index contributed by atoms with van der Waals surface area (Å²) in [5.41, 5.74) is 7.26. The molecule has 0 bridgehead atoms. The van der Waals surface area contributed by atoms with Crippen LogP contribution in [0.4, 0.5) is 5.69 Å². The van der Waals surface area contributed by atoms with Crippen molar-refractivity contribution in [3.63, 3.8) is 0 Å². The van der Waals surface area contributed by atoms with Crippen molar-refractivity contribution in [3.8, 4) is 5.75 Å². The van der Waals surface area contributed by atoms with E-state index in [1.165, 1.54) is 0 Å². The fourth-order valence-corrected chi connectivity index (χ4v) is 1.08. The van der Waals surface area contributed by atoms with Gasteiger partial charge in [-0.1, -0.05) is 6.58 Å². The van der Waals surface area contributed by atoms with Crippen LogP contribution in [0, 0.1) is 0 Å². The zero-order chi connectivity index (χ0) is 12.0. The number of halogens is 1. The maximum atomic E-state index is 5.53. The van der Waals surface area contributed by atoms with Crippen molar-refractivity contribution < 1.29 is 4.74 Å². The van der Waals surface area contributed by atoms with Crippen LogP contribution in [0.3, 0.4) is 0 Å².